The molecule has 69 heavy (non-hydrogen) atoms. The van der Waals surface area contributed by atoms with Crippen LogP contribution in [0.15, 0.2) is 158 Å². The summed E-state index contributed by atoms with van der Waals surface area (Å²) in [5, 5.41) is 0. The van der Waals surface area contributed by atoms with Crippen molar-refractivity contribution in [2.24, 2.45) is 0 Å². The molecule has 0 N–H and O–H groups in total. The molecule has 2 fully saturated rings. The van der Waals surface area contributed by atoms with Crippen molar-refractivity contribution in [1.29, 1.82) is 0 Å². The first-order chi connectivity index (χ1) is 33.5. The SMILES string of the molecule is C=CCO[C@@H]1O[C@@H](C)[C@H](OCc2ccccc2)[C@@H](O[C@@H]2O[C@H](COC(=O)c3ccccc3)[C@@H](OC(=O)c3ccccc3)[C@H](OC(=O)c3ccccc3)[C@H]2N2C(=O)c3ccccc3C2=O)[C@H]1OC(C)=O. The maximum Gasteiger partial charge on any atom is 0.338 e. The van der Waals surface area contributed by atoms with E-state index in [2.05, 4.69) is 6.58 Å². The molecule has 0 spiro atoms. The van der Waals surface area contributed by atoms with Crippen LogP contribution in [0.4, 0.5) is 0 Å². The van der Waals surface area contributed by atoms with Crippen LogP contribution in [0.3, 0.4) is 0 Å². The quantitative estimate of drug-likeness (QED) is 0.0423. The summed E-state index contributed by atoms with van der Waals surface area (Å²) in [5.74, 6) is -5.02. The number of hydrogen-bond donors (Lipinski definition) is 0. The van der Waals surface area contributed by atoms with Crippen LogP contribution in [-0.2, 0) is 54.0 Å². The second kappa shape index (κ2) is 22.2. The second-order valence-corrected chi connectivity index (χ2v) is 16.3. The van der Waals surface area contributed by atoms with Gasteiger partial charge in [-0.3, -0.25) is 19.3 Å². The second-order valence-electron chi connectivity index (χ2n) is 16.3. The Morgan fingerprint density at radius 2 is 1.09 bits per heavy atom. The van der Waals surface area contributed by atoms with Crippen LogP contribution in [0.25, 0.3) is 0 Å². The van der Waals surface area contributed by atoms with Gasteiger partial charge in [-0.15, -0.1) is 6.58 Å². The molecular formula is C53H49NO15. The van der Waals surface area contributed by atoms with Crippen LogP contribution in [0.5, 0.6) is 0 Å². The molecule has 16 nitrogen and oxygen atoms in total. The predicted octanol–water partition coefficient (Wildman–Crippen LogP) is 6.53. The summed E-state index contributed by atoms with van der Waals surface area (Å²) >= 11 is 0. The fourth-order valence-electron chi connectivity index (χ4n) is 8.41. The Morgan fingerprint density at radius 1 is 0.580 bits per heavy atom. The highest BCUT2D eigenvalue weighted by Gasteiger charge is 2.60. The monoisotopic (exact) mass is 939 g/mol. The summed E-state index contributed by atoms with van der Waals surface area (Å²) < 4.78 is 56.9. The molecule has 356 valence electrons. The number of amides is 2. The van der Waals surface area contributed by atoms with Gasteiger partial charge in [0, 0.05) is 6.92 Å². The third-order valence-corrected chi connectivity index (χ3v) is 11.6. The zero-order valence-electron chi connectivity index (χ0n) is 37.6. The Labute approximate surface area is 397 Å². The van der Waals surface area contributed by atoms with Crippen molar-refractivity contribution >= 4 is 35.7 Å². The van der Waals surface area contributed by atoms with E-state index in [0.29, 0.717) is 0 Å². The lowest BCUT2D eigenvalue weighted by atomic mass is 9.93. The summed E-state index contributed by atoms with van der Waals surface area (Å²) in [6, 6.07) is 37.4. The van der Waals surface area contributed by atoms with Crippen LogP contribution in [0.1, 0.15) is 71.2 Å². The number of fused-ring (bicyclic) bond motifs is 1. The van der Waals surface area contributed by atoms with E-state index in [1.165, 1.54) is 61.5 Å². The molecule has 2 amide bonds. The number of hydrogen-bond acceptors (Lipinski definition) is 15. The lowest BCUT2D eigenvalue weighted by Gasteiger charge is -2.50. The van der Waals surface area contributed by atoms with Crippen molar-refractivity contribution in [3.8, 4) is 0 Å². The normalized spacial score (nSPS) is 25.2. The lowest BCUT2D eigenvalue weighted by Crippen LogP contribution is -2.70. The number of benzene rings is 5. The standard InChI is InChI=1S/C53H49NO15/c1-4-29-61-53-46(65-33(3)55)45(42(32(2)64-53)62-30-34-19-9-5-10-20-34)69-52-41(54-47(56)38-27-17-18-28-39(38)48(54)57)44(68-51(60)37-25-15-8-16-26-37)43(67-50(59)36-23-13-7-14-24-36)40(66-52)31-63-49(58)35-21-11-6-12-22-35/h4-28,32,40-46,52-53H,1,29-31H2,2-3H3/t32-,40+,41+,42-,43+,44+,45+,46+,52-,53+/m0/s1. The van der Waals surface area contributed by atoms with Crippen molar-refractivity contribution in [1.82, 2.24) is 4.90 Å². The lowest BCUT2D eigenvalue weighted by molar-refractivity contribution is -0.351. The fraction of sp³-hybridized carbons (Fsp3) is 0.283. The molecule has 0 bridgehead atoms. The number of carbonyl (C=O) groups is 6. The average molecular weight is 940 g/mol. The van der Waals surface area contributed by atoms with Gasteiger partial charge in [-0.05, 0) is 61.0 Å². The van der Waals surface area contributed by atoms with Crippen molar-refractivity contribution in [2.75, 3.05) is 13.2 Å². The maximum atomic E-state index is 14.7. The van der Waals surface area contributed by atoms with Crippen LogP contribution in [0.2, 0.25) is 0 Å². The Kier molecular flexibility index (Phi) is 15.5. The van der Waals surface area contributed by atoms with Gasteiger partial charge in [-0.1, -0.05) is 103 Å². The van der Waals surface area contributed by atoms with E-state index < -0.39 is 104 Å². The zero-order chi connectivity index (χ0) is 48.4. The summed E-state index contributed by atoms with van der Waals surface area (Å²) in [6.07, 6.45) is -11.5. The smallest absolute Gasteiger partial charge is 0.338 e. The third kappa shape index (κ3) is 11.0. The van der Waals surface area contributed by atoms with Gasteiger partial charge in [0.2, 0.25) is 0 Å². The van der Waals surface area contributed by atoms with E-state index in [9.17, 15) is 28.8 Å². The number of carbonyl (C=O) groups excluding carboxylic acids is 6. The minimum absolute atomic E-state index is 0.0181. The van der Waals surface area contributed by atoms with Gasteiger partial charge in [0.1, 0.15) is 31.0 Å². The maximum absolute atomic E-state index is 14.7. The largest absolute Gasteiger partial charge is 0.459 e. The molecule has 3 heterocycles. The highest BCUT2D eigenvalue weighted by atomic mass is 16.8. The minimum atomic E-state index is -1.86. The molecular weight excluding hydrogens is 891 g/mol. The summed E-state index contributed by atoms with van der Waals surface area (Å²) in [6.45, 7) is 5.94. The molecule has 16 heteroatoms. The van der Waals surface area contributed by atoms with Gasteiger partial charge in [0.25, 0.3) is 11.8 Å². The highest BCUT2D eigenvalue weighted by molar-refractivity contribution is 6.21. The van der Waals surface area contributed by atoms with Gasteiger partial charge >= 0.3 is 23.9 Å². The first-order valence-corrected chi connectivity index (χ1v) is 22.2. The number of ether oxygens (including phenoxy) is 9. The van der Waals surface area contributed by atoms with E-state index in [0.717, 1.165) is 10.5 Å². The molecule has 5 aromatic rings. The van der Waals surface area contributed by atoms with Crippen molar-refractivity contribution in [3.63, 3.8) is 0 Å². The summed E-state index contributed by atoms with van der Waals surface area (Å²) in [5.41, 5.74) is 1.14. The van der Waals surface area contributed by atoms with Gasteiger partial charge < -0.3 is 42.6 Å². The summed E-state index contributed by atoms with van der Waals surface area (Å²) in [7, 11) is 0. The summed E-state index contributed by atoms with van der Waals surface area (Å²) in [4.78, 5) is 85.5. The van der Waals surface area contributed by atoms with Crippen molar-refractivity contribution < 1.29 is 71.4 Å². The molecule has 2 saturated heterocycles. The van der Waals surface area contributed by atoms with Crippen molar-refractivity contribution in [3.05, 3.63) is 192 Å². The molecule has 0 aliphatic carbocycles. The first kappa shape index (κ1) is 48.1. The molecule has 5 aromatic carbocycles. The molecule has 0 saturated carbocycles. The van der Waals surface area contributed by atoms with E-state index in [1.807, 2.05) is 30.3 Å². The van der Waals surface area contributed by atoms with Crippen LogP contribution >= 0.6 is 0 Å². The molecule has 0 aromatic heterocycles. The molecule has 0 unspecified atom stereocenters. The Morgan fingerprint density at radius 3 is 1.62 bits per heavy atom. The predicted molar refractivity (Wildman–Crippen MR) is 243 cm³/mol. The number of rotatable bonds is 17. The van der Waals surface area contributed by atoms with Gasteiger partial charge in [0.15, 0.2) is 30.9 Å². The molecule has 8 rings (SSSR count). The van der Waals surface area contributed by atoms with Crippen LogP contribution in [-0.4, -0.2) is 115 Å². The van der Waals surface area contributed by atoms with E-state index in [1.54, 1.807) is 73.7 Å². The molecule has 0 radical (unpaired) electrons. The topological polar surface area (TPSA) is 189 Å². The van der Waals surface area contributed by atoms with E-state index in [4.69, 9.17) is 42.6 Å². The van der Waals surface area contributed by atoms with E-state index >= 15 is 0 Å². The number of esters is 4. The first-order valence-electron chi connectivity index (χ1n) is 22.2. The number of nitrogens with zero attached hydrogens (tertiary/aromatic N) is 1. The Hall–Kier alpha value is -7.34. The van der Waals surface area contributed by atoms with E-state index in [-0.39, 0.29) is 41.0 Å². The average Bonchev–Trinajstić information content (AvgIpc) is 3.62. The Balaban J connectivity index is 1.29. The van der Waals surface area contributed by atoms with Crippen LogP contribution < -0.4 is 0 Å². The molecule has 3 aliphatic rings. The van der Waals surface area contributed by atoms with Crippen molar-refractivity contribution in [2.45, 2.75) is 81.8 Å². The highest BCUT2D eigenvalue weighted by Crippen LogP contribution is 2.39. The van der Waals surface area contributed by atoms with Gasteiger partial charge in [0.05, 0.1) is 47.1 Å². The van der Waals surface area contributed by atoms with Crippen LogP contribution in [0, 0.1) is 0 Å². The molecule has 3 aliphatic heterocycles. The number of imide groups is 1. The fourth-order valence-corrected chi connectivity index (χ4v) is 8.41. The van der Waals surface area contributed by atoms with Gasteiger partial charge in [-0.25, -0.2) is 14.4 Å². The Bertz CT molecular complexity index is 2580. The zero-order valence-corrected chi connectivity index (χ0v) is 37.6. The van der Waals surface area contributed by atoms with Gasteiger partial charge in [-0.2, -0.15) is 0 Å². The minimum Gasteiger partial charge on any atom is -0.459 e. The third-order valence-electron chi connectivity index (χ3n) is 11.6. The molecule has 10 atom stereocenters.